The van der Waals surface area contributed by atoms with Gasteiger partial charge in [-0.2, -0.15) is 0 Å². The molecule has 21 heavy (non-hydrogen) atoms. The third-order valence-electron chi connectivity index (χ3n) is 2.79. The monoisotopic (exact) mass is 371 g/mol. The maximum absolute atomic E-state index is 13.2. The molecule has 0 amide bonds. The van der Waals surface area contributed by atoms with Gasteiger partial charge in [-0.15, -0.1) is 11.3 Å². The summed E-state index contributed by atoms with van der Waals surface area (Å²) in [5.41, 5.74) is 0. The van der Waals surface area contributed by atoms with E-state index in [0.717, 1.165) is 18.0 Å². The molecule has 0 fully saturated rings. The summed E-state index contributed by atoms with van der Waals surface area (Å²) in [5, 5.41) is 3.42. The molecule has 114 valence electrons. The van der Waals surface area contributed by atoms with Crippen LogP contribution in [0, 0.1) is 11.7 Å². The first kappa shape index (κ1) is 16.5. The molecule has 1 N–H and O–H groups in total. The van der Waals surface area contributed by atoms with Gasteiger partial charge in [0.2, 0.25) is 0 Å². The number of hydrogen-bond acceptors (Lipinski definition) is 3. The normalized spacial score (nSPS) is 11.1. The molecule has 0 atom stereocenters. The zero-order valence-electron chi connectivity index (χ0n) is 12.2. The lowest BCUT2D eigenvalue weighted by molar-refractivity contribution is 0.308. The van der Waals surface area contributed by atoms with Crippen molar-refractivity contribution in [3.05, 3.63) is 50.4 Å². The Morgan fingerprint density at radius 3 is 2.71 bits per heavy atom. The van der Waals surface area contributed by atoms with Gasteiger partial charge in [-0.25, -0.2) is 4.39 Å². The molecule has 2 rings (SSSR count). The Balaban J connectivity index is 1.85. The van der Waals surface area contributed by atoms with E-state index in [9.17, 15) is 4.39 Å². The average Bonchev–Trinajstić information content (AvgIpc) is 2.83. The van der Waals surface area contributed by atoms with Gasteiger partial charge in [-0.05, 0) is 36.7 Å². The van der Waals surface area contributed by atoms with Crippen molar-refractivity contribution in [2.75, 3.05) is 6.54 Å². The van der Waals surface area contributed by atoms with E-state index in [2.05, 4.69) is 47.2 Å². The number of rotatable bonds is 7. The summed E-state index contributed by atoms with van der Waals surface area (Å²) in [5.74, 6) is 0.887. The van der Waals surface area contributed by atoms with Crippen LogP contribution in [0.5, 0.6) is 5.75 Å². The highest BCUT2D eigenvalue weighted by Gasteiger charge is 2.04. The second-order valence-corrected chi connectivity index (χ2v) is 7.46. The number of hydrogen-bond donors (Lipinski definition) is 1. The van der Waals surface area contributed by atoms with E-state index in [-0.39, 0.29) is 5.82 Å². The van der Waals surface area contributed by atoms with Gasteiger partial charge in [0.15, 0.2) is 0 Å². The van der Waals surface area contributed by atoms with Gasteiger partial charge in [-0.3, -0.25) is 0 Å². The van der Waals surface area contributed by atoms with Crippen molar-refractivity contribution in [1.82, 2.24) is 5.32 Å². The van der Waals surface area contributed by atoms with Crippen molar-refractivity contribution >= 4 is 27.3 Å². The fraction of sp³-hybridized carbons (Fsp3) is 0.375. The molecule has 2 aromatic rings. The van der Waals surface area contributed by atoms with E-state index in [1.807, 2.05) is 0 Å². The lowest BCUT2D eigenvalue weighted by atomic mass is 10.2. The van der Waals surface area contributed by atoms with Gasteiger partial charge >= 0.3 is 0 Å². The molecule has 0 saturated heterocycles. The van der Waals surface area contributed by atoms with Gasteiger partial charge in [-0.1, -0.05) is 29.8 Å². The second kappa shape index (κ2) is 7.92. The Morgan fingerprint density at radius 1 is 1.24 bits per heavy atom. The molecule has 1 aromatic heterocycles. The van der Waals surface area contributed by atoms with Crippen LogP contribution in [0.2, 0.25) is 0 Å². The molecule has 0 saturated carbocycles. The third kappa shape index (κ3) is 5.77. The third-order valence-corrected chi connectivity index (χ3v) is 4.30. The maximum Gasteiger partial charge on any atom is 0.128 e. The van der Waals surface area contributed by atoms with Crippen LogP contribution in [0.15, 0.2) is 34.8 Å². The minimum atomic E-state index is -0.302. The Labute approximate surface area is 137 Å². The number of thiophene rings is 1. The fourth-order valence-electron chi connectivity index (χ4n) is 1.85. The SMILES string of the molecule is CC(C)CNCc1ccc(COc2cc(F)cc(Br)c2)s1. The molecule has 1 heterocycles. The average molecular weight is 372 g/mol. The largest absolute Gasteiger partial charge is 0.488 e. The molecular weight excluding hydrogens is 353 g/mol. The summed E-state index contributed by atoms with van der Waals surface area (Å²) < 4.78 is 19.6. The Bertz CT molecular complexity index is 565. The summed E-state index contributed by atoms with van der Waals surface area (Å²) in [7, 11) is 0. The van der Waals surface area contributed by atoms with Gasteiger partial charge in [0.1, 0.15) is 18.2 Å². The quantitative estimate of drug-likeness (QED) is 0.741. The summed E-state index contributed by atoms with van der Waals surface area (Å²) in [6.45, 7) is 6.75. The van der Waals surface area contributed by atoms with E-state index in [1.165, 1.54) is 17.0 Å². The van der Waals surface area contributed by atoms with E-state index in [4.69, 9.17) is 4.74 Å². The van der Waals surface area contributed by atoms with Crippen LogP contribution in [-0.2, 0) is 13.2 Å². The highest BCUT2D eigenvalue weighted by Crippen LogP contribution is 2.23. The van der Waals surface area contributed by atoms with Crippen molar-refractivity contribution in [2.24, 2.45) is 5.92 Å². The maximum atomic E-state index is 13.2. The minimum Gasteiger partial charge on any atom is -0.488 e. The number of benzene rings is 1. The number of halogens is 2. The molecule has 1 aromatic carbocycles. The summed E-state index contributed by atoms with van der Waals surface area (Å²) in [6.07, 6.45) is 0. The standard InChI is InChI=1S/C16H19BrFNOS/c1-11(2)8-19-9-15-3-4-16(21-15)10-20-14-6-12(17)5-13(18)7-14/h3-7,11,19H,8-10H2,1-2H3. The molecule has 0 aliphatic heterocycles. The lowest BCUT2D eigenvalue weighted by Gasteiger charge is -2.06. The van der Waals surface area contributed by atoms with Crippen molar-refractivity contribution in [3.63, 3.8) is 0 Å². The fourth-order valence-corrected chi connectivity index (χ4v) is 3.19. The van der Waals surface area contributed by atoms with Crippen LogP contribution in [0.25, 0.3) is 0 Å². The zero-order valence-corrected chi connectivity index (χ0v) is 14.6. The lowest BCUT2D eigenvalue weighted by Crippen LogP contribution is -2.18. The Morgan fingerprint density at radius 2 is 2.00 bits per heavy atom. The van der Waals surface area contributed by atoms with Crippen LogP contribution in [0.3, 0.4) is 0 Å². The summed E-state index contributed by atoms with van der Waals surface area (Å²) in [4.78, 5) is 2.42. The minimum absolute atomic E-state index is 0.302. The van der Waals surface area contributed by atoms with Gasteiger partial charge in [0.25, 0.3) is 0 Å². The molecule has 0 spiro atoms. The van der Waals surface area contributed by atoms with Crippen molar-refractivity contribution in [2.45, 2.75) is 27.0 Å². The molecule has 5 heteroatoms. The highest BCUT2D eigenvalue weighted by atomic mass is 79.9. The van der Waals surface area contributed by atoms with Crippen LogP contribution >= 0.6 is 27.3 Å². The molecular formula is C16H19BrFNOS. The van der Waals surface area contributed by atoms with Crippen LogP contribution in [-0.4, -0.2) is 6.54 Å². The molecule has 2 nitrogen and oxygen atoms in total. The van der Waals surface area contributed by atoms with Crippen molar-refractivity contribution < 1.29 is 9.13 Å². The molecule has 0 aliphatic rings. The van der Waals surface area contributed by atoms with E-state index < -0.39 is 0 Å². The molecule has 0 bridgehead atoms. The highest BCUT2D eigenvalue weighted by molar-refractivity contribution is 9.10. The topological polar surface area (TPSA) is 21.3 Å². The Hall–Kier alpha value is -0.910. The molecule has 0 aliphatic carbocycles. The summed E-state index contributed by atoms with van der Waals surface area (Å²) >= 11 is 4.98. The molecule has 0 unspecified atom stereocenters. The van der Waals surface area contributed by atoms with E-state index in [0.29, 0.717) is 22.7 Å². The van der Waals surface area contributed by atoms with Crippen LogP contribution in [0.4, 0.5) is 4.39 Å². The van der Waals surface area contributed by atoms with Gasteiger partial charge < -0.3 is 10.1 Å². The first-order valence-electron chi connectivity index (χ1n) is 6.90. The van der Waals surface area contributed by atoms with Gasteiger partial charge in [0, 0.05) is 26.8 Å². The van der Waals surface area contributed by atoms with Gasteiger partial charge in [0.05, 0.1) is 0 Å². The van der Waals surface area contributed by atoms with Crippen molar-refractivity contribution in [1.29, 1.82) is 0 Å². The first-order valence-corrected chi connectivity index (χ1v) is 8.51. The zero-order chi connectivity index (χ0) is 15.2. The van der Waals surface area contributed by atoms with E-state index in [1.54, 1.807) is 17.4 Å². The number of nitrogens with one attached hydrogen (secondary N) is 1. The van der Waals surface area contributed by atoms with E-state index >= 15 is 0 Å². The van der Waals surface area contributed by atoms with Crippen molar-refractivity contribution in [3.8, 4) is 5.75 Å². The smallest absolute Gasteiger partial charge is 0.128 e. The van der Waals surface area contributed by atoms with Crippen LogP contribution in [0.1, 0.15) is 23.6 Å². The second-order valence-electron chi connectivity index (χ2n) is 5.29. The first-order chi connectivity index (χ1) is 10.0. The predicted octanol–water partition coefficient (Wildman–Crippen LogP) is 4.97. The Kier molecular flexibility index (Phi) is 6.21. The van der Waals surface area contributed by atoms with Crippen LogP contribution < -0.4 is 10.1 Å². The summed E-state index contributed by atoms with van der Waals surface area (Å²) in [6, 6.07) is 8.74. The number of ether oxygens (including phenoxy) is 1. The predicted molar refractivity (Wildman–Crippen MR) is 89.3 cm³/mol. The molecule has 0 radical (unpaired) electrons.